The van der Waals surface area contributed by atoms with Gasteiger partial charge < -0.3 is 10.4 Å². The Kier molecular flexibility index (Phi) is 5.67. The van der Waals surface area contributed by atoms with Crippen LogP contribution in [0.1, 0.15) is 13.3 Å². The predicted octanol–water partition coefficient (Wildman–Crippen LogP) is 2.97. The van der Waals surface area contributed by atoms with Gasteiger partial charge in [0, 0.05) is 13.1 Å². The maximum Gasteiger partial charge on any atom is 0.307 e. The first-order valence-electron chi connectivity index (χ1n) is 7.06. The molecule has 1 aromatic rings. The van der Waals surface area contributed by atoms with Crippen LogP contribution in [0.25, 0.3) is 0 Å². The molecule has 2 rings (SSSR count). The highest BCUT2D eigenvalue weighted by Gasteiger charge is 2.30. The van der Waals surface area contributed by atoms with E-state index >= 15 is 0 Å². The van der Waals surface area contributed by atoms with Crippen LogP contribution in [-0.4, -0.2) is 41.5 Å². The predicted molar refractivity (Wildman–Crippen MR) is 86.4 cm³/mol. The number of halogens is 2. The van der Waals surface area contributed by atoms with E-state index in [1.54, 1.807) is 18.2 Å². The molecule has 1 aliphatic heterocycles. The highest BCUT2D eigenvalue weighted by molar-refractivity contribution is 6.43. The molecule has 0 bridgehead atoms. The van der Waals surface area contributed by atoms with Gasteiger partial charge >= 0.3 is 5.97 Å². The van der Waals surface area contributed by atoms with Gasteiger partial charge in [-0.2, -0.15) is 0 Å². The van der Waals surface area contributed by atoms with E-state index in [4.69, 9.17) is 28.3 Å². The monoisotopic (exact) mass is 344 g/mol. The van der Waals surface area contributed by atoms with Crippen molar-refractivity contribution in [3.63, 3.8) is 0 Å². The zero-order chi connectivity index (χ0) is 16.3. The number of carbonyl (C=O) groups is 2. The molecule has 2 N–H and O–H groups in total. The molecule has 2 unspecified atom stereocenters. The van der Waals surface area contributed by atoms with E-state index in [-0.39, 0.29) is 18.4 Å². The molecule has 1 amide bonds. The Morgan fingerprint density at radius 1 is 1.36 bits per heavy atom. The van der Waals surface area contributed by atoms with E-state index in [1.807, 2.05) is 11.8 Å². The maximum absolute atomic E-state index is 12.1. The molecule has 0 aliphatic carbocycles. The van der Waals surface area contributed by atoms with Crippen LogP contribution in [0.15, 0.2) is 18.2 Å². The summed E-state index contributed by atoms with van der Waals surface area (Å²) < 4.78 is 0. The molecule has 1 heterocycles. The Bertz CT molecular complexity index is 580. The normalized spacial score (nSPS) is 22.3. The van der Waals surface area contributed by atoms with Crippen molar-refractivity contribution < 1.29 is 14.7 Å². The minimum absolute atomic E-state index is 0.136. The Morgan fingerprint density at radius 2 is 2.09 bits per heavy atom. The van der Waals surface area contributed by atoms with E-state index < -0.39 is 11.9 Å². The number of anilines is 1. The minimum atomic E-state index is -0.810. The number of likely N-dealkylation sites (tertiary alicyclic amines) is 1. The van der Waals surface area contributed by atoms with Crippen molar-refractivity contribution in [3.05, 3.63) is 28.2 Å². The Labute approximate surface area is 139 Å². The van der Waals surface area contributed by atoms with E-state index in [2.05, 4.69) is 5.32 Å². The maximum atomic E-state index is 12.1. The second-order valence-corrected chi connectivity index (χ2v) is 6.50. The van der Waals surface area contributed by atoms with E-state index in [9.17, 15) is 9.59 Å². The topological polar surface area (TPSA) is 69.6 Å². The summed E-state index contributed by atoms with van der Waals surface area (Å²) in [5, 5.41) is 12.5. The third-order valence-electron chi connectivity index (χ3n) is 3.68. The number of carboxylic acids is 1. The molecule has 0 spiro atoms. The first-order chi connectivity index (χ1) is 10.4. The van der Waals surface area contributed by atoms with E-state index in [1.165, 1.54) is 0 Å². The molecular formula is C15H18Cl2N2O3. The SMILES string of the molecule is CC1CC(C(=O)O)CN(CC(=O)Nc2cccc(Cl)c2Cl)C1. The Balaban J connectivity index is 1.96. The molecule has 120 valence electrons. The lowest BCUT2D eigenvalue weighted by Gasteiger charge is -2.34. The molecule has 0 aromatic heterocycles. The Morgan fingerprint density at radius 3 is 2.77 bits per heavy atom. The number of nitrogens with one attached hydrogen (secondary N) is 1. The third-order valence-corrected chi connectivity index (χ3v) is 4.50. The molecule has 1 aromatic carbocycles. The summed E-state index contributed by atoms with van der Waals surface area (Å²) in [5.41, 5.74) is 0.457. The smallest absolute Gasteiger partial charge is 0.307 e. The second kappa shape index (κ2) is 7.31. The average Bonchev–Trinajstić information content (AvgIpc) is 2.43. The Hall–Kier alpha value is -1.30. The number of carbonyl (C=O) groups excluding carboxylic acids is 1. The summed E-state index contributed by atoms with van der Waals surface area (Å²) in [5.74, 6) is -1.22. The lowest BCUT2D eigenvalue weighted by Crippen LogP contribution is -2.45. The van der Waals surface area contributed by atoms with Crippen LogP contribution < -0.4 is 5.32 Å². The summed E-state index contributed by atoms with van der Waals surface area (Å²) in [4.78, 5) is 25.1. The van der Waals surface area contributed by atoms with Gasteiger partial charge in [-0.25, -0.2) is 0 Å². The van der Waals surface area contributed by atoms with Crippen LogP contribution in [0.4, 0.5) is 5.69 Å². The number of hydrogen-bond donors (Lipinski definition) is 2. The van der Waals surface area contributed by atoms with E-state index in [0.717, 1.165) is 0 Å². The van der Waals surface area contributed by atoms with Crippen molar-refractivity contribution in [1.82, 2.24) is 4.90 Å². The van der Waals surface area contributed by atoms with Gasteiger partial charge in [-0.3, -0.25) is 14.5 Å². The fourth-order valence-electron chi connectivity index (χ4n) is 2.76. The van der Waals surface area contributed by atoms with Crippen molar-refractivity contribution >= 4 is 40.8 Å². The fraction of sp³-hybridized carbons (Fsp3) is 0.467. The number of nitrogens with zero attached hydrogens (tertiary/aromatic N) is 1. The number of rotatable bonds is 4. The van der Waals surface area contributed by atoms with Crippen LogP contribution in [0.3, 0.4) is 0 Å². The summed E-state index contributed by atoms with van der Waals surface area (Å²) in [6, 6.07) is 5.02. The fourth-order valence-corrected chi connectivity index (χ4v) is 3.11. The van der Waals surface area contributed by atoms with Gasteiger partial charge in [0.2, 0.25) is 5.91 Å². The van der Waals surface area contributed by atoms with Crippen molar-refractivity contribution in [2.24, 2.45) is 11.8 Å². The van der Waals surface area contributed by atoms with Crippen molar-refractivity contribution in [3.8, 4) is 0 Å². The zero-order valence-electron chi connectivity index (χ0n) is 12.2. The van der Waals surface area contributed by atoms with Gasteiger partial charge in [-0.15, -0.1) is 0 Å². The molecule has 1 aliphatic rings. The second-order valence-electron chi connectivity index (χ2n) is 5.72. The minimum Gasteiger partial charge on any atom is -0.481 e. The molecule has 1 fully saturated rings. The van der Waals surface area contributed by atoms with Crippen molar-refractivity contribution in [1.29, 1.82) is 0 Å². The lowest BCUT2D eigenvalue weighted by molar-refractivity contribution is -0.144. The summed E-state index contributed by atoms with van der Waals surface area (Å²) >= 11 is 11.9. The van der Waals surface area contributed by atoms with Gasteiger partial charge in [0.05, 0.1) is 28.2 Å². The molecule has 0 saturated carbocycles. The standard InChI is InChI=1S/C15H18Cl2N2O3/c1-9-5-10(15(21)22)7-19(6-9)8-13(20)18-12-4-2-3-11(16)14(12)17/h2-4,9-10H,5-8H2,1H3,(H,18,20)(H,21,22). The van der Waals surface area contributed by atoms with Gasteiger partial charge in [0.1, 0.15) is 0 Å². The number of benzene rings is 1. The van der Waals surface area contributed by atoms with Crippen molar-refractivity contribution in [2.45, 2.75) is 13.3 Å². The molecule has 0 radical (unpaired) electrons. The highest BCUT2D eigenvalue weighted by atomic mass is 35.5. The van der Waals surface area contributed by atoms with E-state index in [0.29, 0.717) is 35.2 Å². The molecule has 7 heteroatoms. The van der Waals surface area contributed by atoms with Crippen LogP contribution >= 0.6 is 23.2 Å². The van der Waals surface area contributed by atoms with Gasteiger partial charge in [-0.1, -0.05) is 36.2 Å². The lowest BCUT2D eigenvalue weighted by atomic mass is 9.90. The third kappa shape index (κ3) is 4.35. The summed E-state index contributed by atoms with van der Waals surface area (Å²) in [7, 11) is 0. The van der Waals surface area contributed by atoms with Crippen LogP contribution in [0.2, 0.25) is 10.0 Å². The molecule has 5 nitrogen and oxygen atoms in total. The number of amides is 1. The highest BCUT2D eigenvalue weighted by Crippen LogP contribution is 2.29. The quantitative estimate of drug-likeness (QED) is 0.880. The number of hydrogen-bond acceptors (Lipinski definition) is 3. The molecule has 2 atom stereocenters. The van der Waals surface area contributed by atoms with Crippen molar-refractivity contribution in [2.75, 3.05) is 25.0 Å². The van der Waals surface area contributed by atoms with Crippen LogP contribution in [0.5, 0.6) is 0 Å². The summed E-state index contributed by atoms with van der Waals surface area (Å²) in [6.07, 6.45) is 0.646. The molecule has 22 heavy (non-hydrogen) atoms. The van der Waals surface area contributed by atoms with Gasteiger partial charge in [-0.05, 0) is 24.5 Å². The first-order valence-corrected chi connectivity index (χ1v) is 7.81. The number of carboxylic acid groups (broad SMARTS) is 1. The van der Waals surface area contributed by atoms with Gasteiger partial charge in [0.15, 0.2) is 0 Å². The molecular weight excluding hydrogens is 327 g/mol. The number of piperidine rings is 1. The van der Waals surface area contributed by atoms with Crippen LogP contribution in [0, 0.1) is 11.8 Å². The molecule has 1 saturated heterocycles. The van der Waals surface area contributed by atoms with Gasteiger partial charge in [0.25, 0.3) is 0 Å². The zero-order valence-corrected chi connectivity index (χ0v) is 13.7. The first kappa shape index (κ1) is 17.1. The summed E-state index contributed by atoms with van der Waals surface area (Å²) in [6.45, 7) is 3.22. The largest absolute Gasteiger partial charge is 0.481 e. The van der Waals surface area contributed by atoms with Crippen LogP contribution in [-0.2, 0) is 9.59 Å². The average molecular weight is 345 g/mol. The number of aliphatic carboxylic acids is 1.